The van der Waals surface area contributed by atoms with Crippen LogP contribution in [0.2, 0.25) is 0 Å². The van der Waals surface area contributed by atoms with E-state index in [9.17, 15) is 5.11 Å². The Labute approximate surface area is 156 Å². The molecule has 1 N–H and O–H groups in total. The number of hydrogen-bond donors (Lipinski definition) is 1. The Kier molecular flexibility index (Phi) is 5.51. The minimum atomic E-state index is 0.388. The van der Waals surface area contributed by atoms with Crippen molar-refractivity contribution in [2.45, 2.75) is 33.6 Å². The lowest BCUT2D eigenvalue weighted by molar-refractivity contribution is 0.367. The maximum atomic E-state index is 10.7. The molecular weight excluding hydrogens is 320 g/mol. The minimum absolute atomic E-state index is 0.388. The van der Waals surface area contributed by atoms with Gasteiger partial charge in [0.25, 0.3) is 0 Å². The topological polar surface area (TPSA) is 29.5 Å². The van der Waals surface area contributed by atoms with Crippen molar-refractivity contribution < 1.29 is 9.84 Å². The highest BCUT2D eigenvalue weighted by molar-refractivity contribution is 5.67. The molecule has 0 saturated carbocycles. The molecule has 0 heterocycles. The summed E-state index contributed by atoms with van der Waals surface area (Å²) in [7, 11) is 1.68. The molecule has 2 nitrogen and oxygen atoms in total. The van der Waals surface area contributed by atoms with Gasteiger partial charge in [0.05, 0.1) is 7.11 Å². The van der Waals surface area contributed by atoms with Gasteiger partial charge in [0.15, 0.2) is 0 Å². The monoisotopic (exact) mass is 348 g/mol. The second-order valence-electron chi connectivity index (χ2n) is 7.42. The number of rotatable bonds is 4. The molecule has 26 heavy (non-hydrogen) atoms. The standard InChI is InChI=1S/C24H28O2/c1-16(2)22-14-5-17(3)23(24(22)25)15-18-6-8-19(9-7-18)20-10-12-21(26-4)13-11-20/h6-13,15-17,25H,5,14H2,1-4H3/b23-15-. The molecule has 1 aliphatic rings. The van der Waals surface area contributed by atoms with E-state index < -0.39 is 0 Å². The number of allylic oxidation sites excluding steroid dienone is 2. The summed E-state index contributed by atoms with van der Waals surface area (Å²) in [5.74, 6) is 2.16. The van der Waals surface area contributed by atoms with Crippen molar-refractivity contribution >= 4 is 6.08 Å². The third kappa shape index (κ3) is 3.85. The molecule has 0 fully saturated rings. The number of methoxy groups -OCH3 is 1. The van der Waals surface area contributed by atoms with Crippen LogP contribution in [0.1, 0.15) is 39.2 Å². The van der Waals surface area contributed by atoms with E-state index in [2.05, 4.69) is 63.2 Å². The first kappa shape index (κ1) is 18.3. The molecule has 0 spiro atoms. The van der Waals surface area contributed by atoms with E-state index in [4.69, 9.17) is 4.74 Å². The quantitative estimate of drug-likeness (QED) is 0.671. The average Bonchev–Trinajstić information content (AvgIpc) is 2.65. The second kappa shape index (κ2) is 7.82. The first-order valence-electron chi connectivity index (χ1n) is 9.38. The average molecular weight is 348 g/mol. The van der Waals surface area contributed by atoms with Crippen LogP contribution in [0.5, 0.6) is 5.75 Å². The maximum Gasteiger partial charge on any atom is 0.118 e. The molecule has 2 heteroatoms. The van der Waals surface area contributed by atoms with Crippen molar-refractivity contribution in [1.82, 2.24) is 0 Å². The summed E-state index contributed by atoms with van der Waals surface area (Å²) in [6.45, 7) is 6.51. The molecule has 0 amide bonds. The fourth-order valence-corrected chi connectivity index (χ4v) is 3.57. The zero-order chi connectivity index (χ0) is 18.7. The Morgan fingerprint density at radius 1 is 1.00 bits per heavy atom. The summed E-state index contributed by atoms with van der Waals surface area (Å²) < 4.78 is 5.22. The fraction of sp³-hybridized carbons (Fsp3) is 0.333. The lowest BCUT2D eigenvalue weighted by atomic mass is 9.80. The third-order valence-corrected chi connectivity index (χ3v) is 5.31. The number of benzene rings is 2. The van der Waals surface area contributed by atoms with Crippen LogP contribution in [0.3, 0.4) is 0 Å². The van der Waals surface area contributed by atoms with Gasteiger partial charge in [-0.25, -0.2) is 0 Å². The van der Waals surface area contributed by atoms with Crippen LogP contribution in [0.25, 0.3) is 17.2 Å². The molecule has 0 saturated heterocycles. The van der Waals surface area contributed by atoms with E-state index >= 15 is 0 Å². The van der Waals surface area contributed by atoms with Gasteiger partial charge in [-0.3, -0.25) is 0 Å². The highest BCUT2D eigenvalue weighted by Crippen LogP contribution is 2.37. The van der Waals surface area contributed by atoms with E-state index in [-0.39, 0.29) is 0 Å². The lowest BCUT2D eigenvalue weighted by Gasteiger charge is -2.26. The molecule has 1 atom stereocenters. The summed E-state index contributed by atoms with van der Waals surface area (Å²) >= 11 is 0. The molecule has 0 aromatic heterocycles. The lowest BCUT2D eigenvalue weighted by Crippen LogP contribution is -2.14. The number of aliphatic hydroxyl groups is 1. The molecular formula is C24H28O2. The van der Waals surface area contributed by atoms with Gasteiger partial charge in [-0.15, -0.1) is 0 Å². The van der Waals surface area contributed by atoms with Gasteiger partial charge in [-0.1, -0.05) is 57.2 Å². The SMILES string of the molecule is COc1ccc(-c2ccc(/C=C3\C(O)=C(C(C)C)CCC3C)cc2)cc1. The fourth-order valence-electron chi connectivity index (χ4n) is 3.57. The van der Waals surface area contributed by atoms with Crippen LogP contribution in [-0.4, -0.2) is 12.2 Å². The number of hydrogen-bond acceptors (Lipinski definition) is 2. The Balaban J connectivity index is 1.88. The highest BCUT2D eigenvalue weighted by Gasteiger charge is 2.24. The van der Waals surface area contributed by atoms with E-state index in [1.165, 1.54) is 16.7 Å². The Hall–Kier alpha value is -2.48. The summed E-state index contributed by atoms with van der Waals surface area (Å²) in [6.07, 6.45) is 4.24. The van der Waals surface area contributed by atoms with Crippen molar-refractivity contribution in [3.63, 3.8) is 0 Å². The van der Waals surface area contributed by atoms with E-state index in [1.54, 1.807) is 7.11 Å². The van der Waals surface area contributed by atoms with Gasteiger partial charge < -0.3 is 9.84 Å². The zero-order valence-corrected chi connectivity index (χ0v) is 16.1. The molecule has 0 radical (unpaired) electrons. The summed E-state index contributed by atoms with van der Waals surface area (Å²) in [5, 5.41) is 10.7. The van der Waals surface area contributed by atoms with E-state index in [0.29, 0.717) is 17.6 Å². The van der Waals surface area contributed by atoms with Crippen LogP contribution in [0.15, 0.2) is 65.4 Å². The Morgan fingerprint density at radius 3 is 2.12 bits per heavy atom. The first-order chi connectivity index (χ1) is 12.5. The first-order valence-corrected chi connectivity index (χ1v) is 9.38. The summed E-state index contributed by atoms with van der Waals surface area (Å²) in [4.78, 5) is 0. The molecule has 3 rings (SSSR count). The van der Waals surface area contributed by atoms with Crippen LogP contribution >= 0.6 is 0 Å². The molecule has 0 aliphatic heterocycles. The van der Waals surface area contributed by atoms with Crippen molar-refractivity contribution in [3.05, 3.63) is 71.0 Å². The molecule has 136 valence electrons. The van der Waals surface area contributed by atoms with E-state index in [0.717, 1.165) is 29.7 Å². The van der Waals surface area contributed by atoms with Crippen molar-refractivity contribution in [3.8, 4) is 16.9 Å². The molecule has 2 aromatic carbocycles. The van der Waals surface area contributed by atoms with Crippen LogP contribution in [-0.2, 0) is 0 Å². The van der Waals surface area contributed by atoms with Crippen molar-refractivity contribution in [2.24, 2.45) is 11.8 Å². The van der Waals surface area contributed by atoms with Crippen LogP contribution in [0, 0.1) is 11.8 Å². The molecule has 0 bridgehead atoms. The summed E-state index contributed by atoms with van der Waals surface area (Å²) in [5.41, 5.74) is 5.72. The van der Waals surface area contributed by atoms with Crippen LogP contribution < -0.4 is 4.74 Å². The van der Waals surface area contributed by atoms with Gasteiger partial charge in [0.1, 0.15) is 11.5 Å². The highest BCUT2D eigenvalue weighted by atomic mass is 16.5. The smallest absolute Gasteiger partial charge is 0.118 e. The minimum Gasteiger partial charge on any atom is -0.508 e. The normalized spacial score (nSPS) is 19.3. The third-order valence-electron chi connectivity index (χ3n) is 5.31. The van der Waals surface area contributed by atoms with Gasteiger partial charge in [-0.05, 0) is 70.7 Å². The van der Waals surface area contributed by atoms with Gasteiger partial charge in [0.2, 0.25) is 0 Å². The van der Waals surface area contributed by atoms with E-state index in [1.807, 2.05) is 12.1 Å². The number of aliphatic hydroxyl groups excluding tert-OH is 1. The number of ether oxygens (including phenoxy) is 1. The maximum absolute atomic E-state index is 10.7. The van der Waals surface area contributed by atoms with Crippen molar-refractivity contribution in [2.75, 3.05) is 7.11 Å². The largest absolute Gasteiger partial charge is 0.508 e. The molecule has 1 aliphatic carbocycles. The second-order valence-corrected chi connectivity index (χ2v) is 7.42. The van der Waals surface area contributed by atoms with Crippen molar-refractivity contribution in [1.29, 1.82) is 0 Å². The van der Waals surface area contributed by atoms with Gasteiger partial charge >= 0.3 is 0 Å². The predicted octanol–water partition coefficient (Wildman–Crippen LogP) is 6.64. The van der Waals surface area contributed by atoms with Crippen LogP contribution in [0.4, 0.5) is 0 Å². The van der Waals surface area contributed by atoms with Gasteiger partial charge in [-0.2, -0.15) is 0 Å². The van der Waals surface area contributed by atoms with Gasteiger partial charge in [0, 0.05) is 0 Å². The molecule has 2 aromatic rings. The Morgan fingerprint density at radius 2 is 1.58 bits per heavy atom. The predicted molar refractivity (Wildman–Crippen MR) is 109 cm³/mol. The summed E-state index contributed by atoms with van der Waals surface area (Å²) in [6, 6.07) is 16.6. The zero-order valence-electron chi connectivity index (χ0n) is 16.1. The Bertz CT molecular complexity index is 808. The molecule has 1 unspecified atom stereocenters.